The van der Waals surface area contributed by atoms with E-state index in [0.29, 0.717) is 11.8 Å². The number of aliphatic hydroxyl groups excluding tert-OH is 2. The van der Waals surface area contributed by atoms with E-state index in [0.717, 1.165) is 37.5 Å². The third kappa shape index (κ3) is 3.45. The summed E-state index contributed by atoms with van der Waals surface area (Å²) < 4.78 is 0. The van der Waals surface area contributed by atoms with E-state index in [1.54, 1.807) is 0 Å². The quantitative estimate of drug-likeness (QED) is 0.779. The highest BCUT2D eigenvalue weighted by atomic mass is 16.3. The van der Waals surface area contributed by atoms with Crippen LogP contribution in [0.1, 0.15) is 58.8 Å². The first-order chi connectivity index (χ1) is 8.06. The average Bonchev–Trinajstić information content (AvgIpc) is 2.25. The van der Waals surface area contributed by atoms with Crippen molar-refractivity contribution in [2.75, 3.05) is 0 Å². The van der Waals surface area contributed by atoms with Gasteiger partial charge in [0.1, 0.15) is 0 Å². The Morgan fingerprint density at radius 1 is 0.765 bits per heavy atom. The fourth-order valence-electron chi connectivity index (χ4n) is 3.95. The van der Waals surface area contributed by atoms with Gasteiger partial charge in [-0.2, -0.15) is 0 Å². The lowest BCUT2D eigenvalue weighted by Gasteiger charge is -2.38. The second-order valence-corrected chi connectivity index (χ2v) is 6.64. The first-order valence-corrected chi connectivity index (χ1v) is 7.42. The Morgan fingerprint density at radius 2 is 1.18 bits per heavy atom. The van der Waals surface area contributed by atoms with Gasteiger partial charge in [0.25, 0.3) is 0 Å². The van der Waals surface area contributed by atoms with E-state index in [1.807, 2.05) is 0 Å². The summed E-state index contributed by atoms with van der Waals surface area (Å²) in [5.41, 5.74) is 0. The highest BCUT2D eigenvalue weighted by Gasteiger charge is 2.32. The van der Waals surface area contributed by atoms with E-state index in [4.69, 9.17) is 0 Å². The van der Waals surface area contributed by atoms with Gasteiger partial charge in [0.05, 0.1) is 12.2 Å². The molecule has 6 unspecified atom stereocenters. The Morgan fingerprint density at radius 3 is 1.53 bits per heavy atom. The Bertz CT molecular complexity index is 217. The Hall–Kier alpha value is -0.0800. The van der Waals surface area contributed by atoms with Crippen LogP contribution in [0.25, 0.3) is 0 Å². The molecule has 0 heterocycles. The molecule has 0 aliphatic heterocycles. The van der Waals surface area contributed by atoms with Crippen molar-refractivity contribution in [3.05, 3.63) is 0 Å². The topological polar surface area (TPSA) is 40.5 Å². The highest BCUT2D eigenvalue weighted by molar-refractivity contribution is 4.83. The molecule has 0 aromatic rings. The third-order valence-corrected chi connectivity index (χ3v) is 5.24. The zero-order chi connectivity index (χ0) is 12.4. The summed E-state index contributed by atoms with van der Waals surface area (Å²) in [7, 11) is 0. The largest absolute Gasteiger partial charge is 0.393 e. The molecule has 2 fully saturated rings. The number of aliphatic hydroxyl groups is 2. The molecule has 2 aliphatic carbocycles. The van der Waals surface area contributed by atoms with E-state index >= 15 is 0 Å². The van der Waals surface area contributed by atoms with Gasteiger partial charge < -0.3 is 10.2 Å². The van der Waals surface area contributed by atoms with Crippen molar-refractivity contribution in [2.45, 2.75) is 71.0 Å². The molecule has 0 amide bonds. The number of rotatable bonds is 2. The van der Waals surface area contributed by atoms with Crippen LogP contribution in [-0.2, 0) is 0 Å². The van der Waals surface area contributed by atoms with E-state index in [9.17, 15) is 10.2 Å². The van der Waals surface area contributed by atoms with Crippen LogP contribution in [0.4, 0.5) is 0 Å². The van der Waals surface area contributed by atoms with Crippen LogP contribution in [0, 0.1) is 23.7 Å². The van der Waals surface area contributed by atoms with E-state index in [1.165, 1.54) is 19.3 Å². The molecule has 6 atom stereocenters. The fourth-order valence-corrected chi connectivity index (χ4v) is 3.95. The summed E-state index contributed by atoms with van der Waals surface area (Å²) in [5.74, 6) is 2.97. The van der Waals surface area contributed by atoms with Gasteiger partial charge in [0, 0.05) is 0 Å². The molecule has 2 saturated carbocycles. The normalized spacial score (nSPS) is 48.0. The maximum atomic E-state index is 9.66. The van der Waals surface area contributed by atoms with Crippen molar-refractivity contribution < 1.29 is 10.2 Å². The van der Waals surface area contributed by atoms with Gasteiger partial charge in [0.15, 0.2) is 0 Å². The molecule has 100 valence electrons. The van der Waals surface area contributed by atoms with Gasteiger partial charge >= 0.3 is 0 Å². The molecule has 0 radical (unpaired) electrons. The first-order valence-electron chi connectivity index (χ1n) is 7.42. The SMILES string of the molecule is CC1CC(O)CCC1CC1CCC(O)CC1C. The predicted molar refractivity (Wildman–Crippen MR) is 69.6 cm³/mol. The molecule has 2 rings (SSSR count). The molecular weight excluding hydrogens is 212 g/mol. The van der Waals surface area contributed by atoms with Crippen LogP contribution in [0.5, 0.6) is 0 Å². The summed E-state index contributed by atoms with van der Waals surface area (Å²) in [4.78, 5) is 0. The maximum absolute atomic E-state index is 9.66. The second-order valence-electron chi connectivity index (χ2n) is 6.64. The van der Waals surface area contributed by atoms with E-state index < -0.39 is 0 Å². The van der Waals surface area contributed by atoms with Gasteiger partial charge in [-0.1, -0.05) is 13.8 Å². The first kappa shape index (κ1) is 13.4. The molecule has 2 N–H and O–H groups in total. The van der Waals surface area contributed by atoms with Crippen molar-refractivity contribution in [2.24, 2.45) is 23.7 Å². The standard InChI is InChI=1S/C15H28O2/c1-10-7-14(16)5-3-12(10)9-13-4-6-15(17)8-11(13)2/h10-17H,3-9H2,1-2H3. The smallest absolute Gasteiger partial charge is 0.0543 e. The Kier molecular flexibility index (Phi) is 4.48. The number of hydrogen-bond donors (Lipinski definition) is 2. The molecular formula is C15H28O2. The van der Waals surface area contributed by atoms with Crippen LogP contribution < -0.4 is 0 Å². The molecule has 0 aromatic carbocycles. The molecule has 0 saturated heterocycles. The zero-order valence-corrected chi connectivity index (χ0v) is 11.3. The predicted octanol–water partition coefficient (Wildman–Crippen LogP) is 2.97. The highest BCUT2D eigenvalue weighted by Crippen LogP contribution is 2.40. The lowest BCUT2D eigenvalue weighted by Crippen LogP contribution is -2.32. The summed E-state index contributed by atoms with van der Waals surface area (Å²) >= 11 is 0. The number of hydrogen-bond acceptors (Lipinski definition) is 2. The Balaban J connectivity index is 1.84. The maximum Gasteiger partial charge on any atom is 0.0543 e. The molecule has 17 heavy (non-hydrogen) atoms. The van der Waals surface area contributed by atoms with Gasteiger partial charge in [0.2, 0.25) is 0 Å². The molecule has 0 aromatic heterocycles. The van der Waals surface area contributed by atoms with Crippen LogP contribution >= 0.6 is 0 Å². The van der Waals surface area contributed by atoms with Gasteiger partial charge in [-0.3, -0.25) is 0 Å². The van der Waals surface area contributed by atoms with Crippen LogP contribution in [0.2, 0.25) is 0 Å². The minimum atomic E-state index is -0.0492. The third-order valence-electron chi connectivity index (χ3n) is 5.24. The van der Waals surface area contributed by atoms with E-state index in [2.05, 4.69) is 13.8 Å². The summed E-state index contributed by atoms with van der Waals surface area (Å²) in [6.45, 7) is 4.60. The fraction of sp³-hybridized carbons (Fsp3) is 1.00. The Labute approximate surface area is 105 Å². The summed E-state index contributed by atoms with van der Waals surface area (Å²) in [6, 6.07) is 0. The molecule has 0 spiro atoms. The van der Waals surface area contributed by atoms with Gasteiger partial charge in [-0.05, 0) is 68.6 Å². The van der Waals surface area contributed by atoms with Crippen molar-refractivity contribution in [1.29, 1.82) is 0 Å². The van der Waals surface area contributed by atoms with Gasteiger partial charge in [-0.15, -0.1) is 0 Å². The van der Waals surface area contributed by atoms with E-state index in [-0.39, 0.29) is 12.2 Å². The summed E-state index contributed by atoms with van der Waals surface area (Å²) in [5, 5.41) is 19.3. The van der Waals surface area contributed by atoms with Crippen molar-refractivity contribution in [3.8, 4) is 0 Å². The van der Waals surface area contributed by atoms with Crippen LogP contribution in [-0.4, -0.2) is 22.4 Å². The lowest BCUT2D eigenvalue weighted by molar-refractivity contribution is 0.0370. The second kappa shape index (κ2) is 5.71. The minimum Gasteiger partial charge on any atom is -0.393 e. The zero-order valence-electron chi connectivity index (χ0n) is 11.3. The van der Waals surface area contributed by atoms with Crippen molar-refractivity contribution in [1.82, 2.24) is 0 Å². The van der Waals surface area contributed by atoms with Gasteiger partial charge in [-0.25, -0.2) is 0 Å². The molecule has 0 bridgehead atoms. The van der Waals surface area contributed by atoms with Crippen LogP contribution in [0.15, 0.2) is 0 Å². The molecule has 2 aliphatic rings. The molecule has 2 heteroatoms. The average molecular weight is 240 g/mol. The monoisotopic (exact) mass is 240 g/mol. The minimum absolute atomic E-state index is 0.0492. The van der Waals surface area contributed by atoms with Crippen molar-refractivity contribution in [3.63, 3.8) is 0 Å². The lowest BCUT2D eigenvalue weighted by atomic mass is 9.69. The summed E-state index contributed by atoms with van der Waals surface area (Å²) in [6.07, 6.45) is 7.61. The molecule has 2 nitrogen and oxygen atoms in total. The van der Waals surface area contributed by atoms with Crippen LogP contribution in [0.3, 0.4) is 0 Å². The van der Waals surface area contributed by atoms with Crippen molar-refractivity contribution >= 4 is 0 Å².